The fourth-order valence-electron chi connectivity index (χ4n) is 14.3. The van der Waals surface area contributed by atoms with Gasteiger partial charge in [-0.05, 0) is 108 Å². The first-order valence-corrected chi connectivity index (χ1v) is 28.2. The van der Waals surface area contributed by atoms with Gasteiger partial charge in [0.25, 0.3) is 0 Å². The van der Waals surface area contributed by atoms with Gasteiger partial charge in [-0.3, -0.25) is 8.98 Å². The summed E-state index contributed by atoms with van der Waals surface area (Å²) in [6.07, 6.45) is -35.1. The second-order valence-electron chi connectivity index (χ2n) is 23.6. The van der Waals surface area contributed by atoms with Crippen molar-refractivity contribution in [3.63, 3.8) is 0 Å². The molecule has 0 amide bonds. The molecule has 4 aliphatic carbocycles. The van der Waals surface area contributed by atoms with Crippen molar-refractivity contribution in [2.24, 2.45) is 34.5 Å². The van der Waals surface area contributed by atoms with Crippen LogP contribution in [0.25, 0.3) is 0 Å². The Balaban J connectivity index is 0.00000803. The minimum Gasteiger partial charge on any atom is -0.726 e. The summed E-state index contributed by atoms with van der Waals surface area (Å²) < 4.78 is 102. The van der Waals surface area contributed by atoms with Gasteiger partial charge in [-0.1, -0.05) is 25.5 Å². The van der Waals surface area contributed by atoms with Gasteiger partial charge >= 0.3 is 29.6 Å². The van der Waals surface area contributed by atoms with Gasteiger partial charge < -0.3 is 108 Å². The molecule has 78 heavy (non-hydrogen) atoms. The molecule has 442 valence electrons. The number of rotatable bonds is 13. The van der Waals surface area contributed by atoms with Gasteiger partial charge in [0.1, 0.15) is 97.3 Å². The van der Waals surface area contributed by atoms with Crippen LogP contribution in [0.5, 0.6) is 0 Å². The number of aliphatic hydroxyl groups excluding tert-OH is 11. The first-order chi connectivity index (χ1) is 36.0. The molecule has 5 heterocycles. The van der Waals surface area contributed by atoms with Crippen LogP contribution in [-0.4, -0.2) is 241 Å². The summed E-state index contributed by atoms with van der Waals surface area (Å²) in [5, 5.41) is 122. The molecular formula is C50H79NaO26S. The summed E-state index contributed by atoms with van der Waals surface area (Å²) in [6.45, 7) is 10.9. The predicted molar refractivity (Wildman–Crippen MR) is 253 cm³/mol. The Morgan fingerprint density at radius 2 is 1.08 bits per heavy atom. The second kappa shape index (κ2) is 24.4. The van der Waals surface area contributed by atoms with E-state index in [1.807, 2.05) is 0 Å². The van der Waals surface area contributed by atoms with E-state index in [1.54, 1.807) is 6.92 Å². The number of ether oxygens (including phenoxy) is 10. The standard InChI is InChI=1S/C50H80O26S.Na/c1-17(51)24-8-9-25-23-15-28(27-14-22(76-77(63,64)65)10-12-50(27,7)26(23)11-13-49(24,25)6)71-46-40(62)41(33(55)21(5)69-46)73-47-42(74-44-38(60)35(57)30(52)18(2)67-44)34(56)29(16-66-47)72-48-43(37(59)32(54)20(4)70-48)75-45-39(61)36(58)31(53)19(3)68-45;/h11,18-25,27-48,52-62H,8-10,12-16H2,1-7H3,(H,63,64,65);/q;+1/p-1/t18?,19?,20?,21?,22-,23?,24+,25?,27?,28?,29+,30+,31-,32-,33+,34?,35?,36?,37?,38?,39?,40?,41?,42?,43?,44-,45-,46-,47-,48-,49+,50+;/m0./s1. The Bertz CT molecular complexity index is 2220. The quantitative estimate of drug-likeness (QED) is 0.0354. The Morgan fingerprint density at radius 1 is 0.577 bits per heavy atom. The van der Waals surface area contributed by atoms with E-state index in [2.05, 4.69) is 19.9 Å². The Labute approximate surface area is 474 Å². The van der Waals surface area contributed by atoms with Crippen LogP contribution in [0, 0.1) is 34.5 Å². The summed E-state index contributed by atoms with van der Waals surface area (Å²) in [5.41, 5.74) is 0.235. The monoisotopic (exact) mass is 1150 g/mol. The molecule has 26 nitrogen and oxygen atoms in total. The molecule has 0 bridgehead atoms. The number of allylic oxidation sites excluding steroid dienone is 2. The summed E-state index contributed by atoms with van der Waals surface area (Å²) in [4.78, 5) is 13.0. The first-order valence-electron chi connectivity index (χ1n) is 26.9. The van der Waals surface area contributed by atoms with Crippen molar-refractivity contribution in [3.8, 4) is 0 Å². The molecule has 0 aromatic heterocycles. The second-order valence-corrected chi connectivity index (χ2v) is 24.6. The van der Waals surface area contributed by atoms with Crippen LogP contribution in [0.15, 0.2) is 11.6 Å². The minimum absolute atomic E-state index is 0. The Morgan fingerprint density at radius 3 is 1.64 bits per heavy atom. The summed E-state index contributed by atoms with van der Waals surface area (Å²) >= 11 is 0. The molecule has 32 atom stereocenters. The summed E-state index contributed by atoms with van der Waals surface area (Å²) in [6, 6.07) is 0. The summed E-state index contributed by atoms with van der Waals surface area (Å²) in [5.74, 6) is -0.515. The third kappa shape index (κ3) is 12.0. The zero-order valence-corrected chi connectivity index (χ0v) is 47.8. The molecule has 28 heteroatoms. The van der Waals surface area contributed by atoms with Crippen molar-refractivity contribution in [2.75, 3.05) is 6.61 Å². The topological polar surface area (TPSA) is 398 Å². The number of hydrogen-bond acceptors (Lipinski definition) is 26. The molecule has 0 radical (unpaired) electrons. The molecule has 8 fully saturated rings. The molecular weight excluding hydrogens is 1070 g/mol. The first kappa shape index (κ1) is 63.5. The average molecular weight is 1150 g/mol. The van der Waals surface area contributed by atoms with Crippen molar-refractivity contribution < 1.29 is 155 Å². The van der Waals surface area contributed by atoms with Gasteiger partial charge in [0.2, 0.25) is 10.4 Å². The van der Waals surface area contributed by atoms with Crippen LogP contribution < -0.4 is 29.6 Å². The van der Waals surface area contributed by atoms with Crippen molar-refractivity contribution in [2.45, 2.75) is 253 Å². The van der Waals surface area contributed by atoms with Gasteiger partial charge in [0.15, 0.2) is 31.5 Å². The molecule has 9 aliphatic rings. The maximum atomic E-state index is 13.0. The fourth-order valence-corrected chi connectivity index (χ4v) is 14.8. The molecule has 0 aromatic carbocycles. The number of carbonyl (C=O) groups is 1. The van der Waals surface area contributed by atoms with E-state index in [9.17, 15) is 73.9 Å². The SMILES string of the molecule is CC(=O)[C@H]1CCC2C3CC(O[C@@H]4OC(C)[C@@H](O)C(O[C@@H]5OC[C@@H](O[C@@H]6OC(C)[C@H](O)C(O)C6O[C@@H]6OC(C)[C@H](O)C(O)C6O)C(O)C5O[C@@H]5OC(C)[C@@H](O)C(O)C5O)C4O)C4C[C@@H](OS(=O)(=O)[O-])CC[C@]4(C)C3=CC[C@@]21C.[Na+]. The molecule has 18 unspecified atom stereocenters. The maximum absolute atomic E-state index is 13.0. The number of aliphatic hydroxyl groups is 11. The van der Waals surface area contributed by atoms with Crippen LogP contribution in [0.3, 0.4) is 0 Å². The zero-order valence-electron chi connectivity index (χ0n) is 45.0. The molecule has 11 N–H and O–H groups in total. The zero-order chi connectivity index (χ0) is 56.1. The van der Waals surface area contributed by atoms with E-state index in [-0.39, 0.29) is 71.4 Å². The molecule has 3 saturated carbocycles. The number of fused-ring (bicyclic) bond motifs is 5. The van der Waals surface area contributed by atoms with Gasteiger partial charge in [-0.2, -0.15) is 0 Å². The van der Waals surface area contributed by atoms with Crippen molar-refractivity contribution in [3.05, 3.63) is 11.6 Å². The van der Waals surface area contributed by atoms with Gasteiger partial charge in [0, 0.05) is 5.92 Å². The number of hydrogen-bond donors (Lipinski definition) is 11. The molecule has 0 spiro atoms. The largest absolute Gasteiger partial charge is 1.00 e. The van der Waals surface area contributed by atoms with Crippen molar-refractivity contribution in [1.82, 2.24) is 0 Å². The third-order valence-corrected chi connectivity index (χ3v) is 19.3. The van der Waals surface area contributed by atoms with Crippen LogP contribution in [0.4, 0.5) is 0 Å². The smallest absolute Gasteiger partial charge is 0.726 e. The predicted octanol–water partition coefficient (Wildman–Crippen LogP) is -6.15. The fraction of sp³-hybridized carbons (Fsp3) is 0.940. The van der Waals surface area contributed by atoms with Gasteiger partial charge in [0.05, 0.1) is 43.2 Å². The molecule has 9 rings (SSSR count). The van der Waals surface area contributed by atoms with E-state index in [4.69, 9.17) is 51.6 Å². The number of Topliss-reactive ketones (excluding diaryl/α,β-unsaturated/α-hetero) is 1. The van der Waals surface area contributed by atoms with Crippen molar-refractivity contribution >= 4 is 16.2 Å². The average Bonchev–Trinajstić information content (AvgIpc) is 3.86. The third-order valence-electron chi connectivity index (χ3n) is 18.8. The minimum atomic E-state index is -5.09. The van der Waals surface area contributed by atoms with Gasteiger partial charge in [-0.25, -0.2) is 8.42 Å². The Kier molecular flexibility index (Phi) is 19.9. The molecule has 5 saturated heterocycles. The van der Waals surface area contributed by atoms with E-state index in [0.717, 1.165) is 6.42 Å². The van der Waals surface area contributed by atoms with Crippen LogP contribution >= 0.6 is 0 Å². The number of ketones is 1. The Hall–Kier alpha value is -0.560. The normalized spacial score (nSPS) is 53.7. The van der Waals surface area contributed by atoms with Crippen LogP contribution in [0.1, 0.15) is 93.4 Å². The van der Waals surface area contributed by atoms with E-state index in [1.165, 1.54) is 33.3 Å². The van der Waals surface area contributed by atoms with E-state index < -0.39 is 188 Å². The van der Waals surface area contributed by atoms with E-state index >= 15 is 0 Å². The van der Waals surface area contributed by atoms with Crippen LogP contribution in [0.2, 0.25) is 0 Å². The maximum Gasteiger partial charge on any atom is 1.00 e. The number of carbonyl (C=O) groups excluding carboxylic acids is 1. The van der Waals surface area contributed by atoms with Crippen LogP contribution in [-0.2, 0) is 66.7 Å². The van der Waals surface area contributed by atoms with Gasteiger partial charge in [-0.15, -0.1) is 0 Å². The van der Waals surface area contributed by atoms with E-state index in [0.29, 0.717) is 25.7 Å². The van der Waals surface area contributed by atoms with Crippen molar-refractivity contribution in [1.29, 1.82) is 0 Å². The summed E-state index contributed by atoms with van der Waals surface area (Å²) in [7, 11) is -5.09. The molecule has 0 aromatic rings. The molecule has 5 aliphatic heterocycles.